The Morgan fingerprint density at radius 1 is 1.37 bits per heavy atom. The second-order valence-corrected chi connectivity index (χ2v) is 4.50. The van der Waals surface area contributed by atoms with Crippen LogP contribution in [0.3, 0.4) is 0 Å². The second-order valence-electron chi connectivity index (χ2n) is 4.50. The van der Waals surface area contributed by atoms with Gasteiger partial charge in [0.15, 0.2) is 11.6 Å². The predicted octanol–water partition coefficient (Wildman–Crippen LogP) is 3.85. The number of rotatable bonds is 6. The molecular weight excluding hydrogens is 257 g/mol. The van der Waals surface area contributed by atoms with Crippen molar-refractivity contribution in [1.29, 1.82) is 0 Å². The summed E-state index contributed by atoms with van der Waals surface area (Å²) < 4.78 is 43.0. The van der Waals surface area contributed by atoms with Gasteiger partial charge in [-0.15, -0.1) is 0 Å². The summed E-state index contributed by atoms with van der Waals surface area (Å²) >= 11 is 0. The van der Waals surface area contributed by atoms with Crippen LogP contribution in [0.2, 0.25) is 0 Å². The molecule has 0 aromatic heterocycles. The van der Waals surface area contributed by atoms with Crippen molar-refractivity contribution in [2.45, 2.75) is 46.1 Å². The molecule has 0 fully saturated rings. The Labute approximate surface area is 110 Å². The Bertz CT molecular complexity index is 456. The van der Waals surface area contributed by atoms with Crippen LogP contribution >= 0.6 is 0 Å². The zero-order valence-electron chi connectivity index (χ0n) is 11.2. The smallest absolute Gasteiger partial charge is 0.387 e. The topological polar surface area (TPSA) is 26.3 Å². The number of ether oxygens (including phenoxy) is 1. The van der Waals surface area contributed by atoms with Gasteiger partial charge in [0, 0.05) is 6.42 Å². The molecule has 19 heavy (non-hydrogen) atoms. The molecule has 2 nitrogen and oxygen atoms in total. The lowest BCUT2D eigenvalue weighted by Gasteiger charge is -2.19. The van der Waals surface area contributed by atoms with Gasteiger partial charge in [-0.2, -0.15) is 8.78 Å². The van der Waals surface area contributed by atoms with Gasteiger partial charge in [0.2, 0.25) is 0 Å². The van der Waals surface area contributed by atoms with Crippen molar-refractivity contribution in [2.75, 3.05) is 0 Å². The van der Waals surface area contributed by atoms with E-state index in [1.54, 1.807) is 13.8 Å². The maximum Gasteiger partial charge on any atom is 0.387 e. The molecule has 0 unspecified atom stereocenters. The molecule has 1 rings (SSSR count). The van der Waals surface area contributed by atoms with Gasteiger partial charge in [0.1, 0.15) is 6.29 Å². The average Bonchev–Trinajstić information content (AvgIpc) is 2.32. The molecule has 0 bridgehead atoms. The van der Waals surface area contributed by atoms with Crippen LogP contribution in [0.5, 0.6) is 5.75 Å². The SMILES string of the molecule is CCc1cc(OC(F)F)c(F)c(C(C)C)c1CC=O. The van der Waals surface area contributed by atoms with Crippen LogP contribution < -0.4 is 4.74 Å². The molecule has 106 valence electrons. The predicted molar refractivity (Wildman–Crippen MR) is 66.3 cm³/mol. The lowest BCUT2D eigenvalue weighted by molar-refractivity contribution is -0.107. The summed E-state index contributed by atoms with van der Waals surface area (Å²) in [6, 6.07) is 1.26. The van der Waals surface area contributed by atoms with Crippen molar-refractivity contribution in [3.05, 3.63) is 28.6 Å². The van der Waals surface area contributed by atoms with Gasteiger partial charge < -0.3 is 9.53 Å². The minimum atomic E-state index is -3.07. The molecule has 0 saturated carbocycles. The van der Waals surface area contributed by atoms with Gasteiger partial charge in [-0.1, -0.05) is 20.8 Å². The van der Waals surface area contributed by atoms with E-state index < -0.39 is 18.2 Å². The minimum Gasteiger partial charge on any atom is -0.432 e. The minimum absolute atomic E-state index is 0.0720. The molecule has 0 aliphatic carbocycles. The molecule has 0 amide bonds. The first-order valence-corrected chi connectivity index (χ1v) is 6.14. The number of benzene rings is 1. The number of alkyl halides is 2. The molecule has 5 heteroatoms. The molecular formula is C14H17F3O2. The van der Waals surface area contributed by atoms with E-state index in [1.807, 2.05) is 6.92 Å². The molecule has 0 saturated heterocycles. The highest BCUT2D eigenvalue weighted by Gasteiger charge is 2.22. The zero-order valence-corrected chi connectivity index (χ0v) is 11.2. The molecule has 0 spiro atoms. The largest absolute Gasteiger partial charge is 0.432 e. The lowest BCUT2D eigenvalue weighted by Crippen LogP contribution is -2.11. The Morgan fingerprint density at radius 2 is 2.00 bits per heavy atom. The van der Waals surface area contributed by atoms with E-state index >= 15 is 0 Å². The van der Waals surface area contributed by atoms with Crippen molar-refractivity contribution in [3.63, 3.8) is 0 Å². The summed E-state index contributed by atoms with van der Waals surface area (Å²) in [5.74, 6) is -1.48. The summed E-state index contributed by atoms with van der Waals surface area (Å²) in [6.07, 6.45) is 1.28. The average molecular weight is 274 g/mol. The van der Waals surface area contributed by atoms with Crippen LogP contribution in [0.15, 0.2) is 6.07 Å². The quantitative estimate of drug-likeness (QED) is 0.736. The Hall–Kier alpha value is -1.52. The van der Waals surface area contributed by atoms with Crippen LogP contribution in [-0.2, 0) is 17.6 Å². The fourth-order valence-electron chi connectivity index (χ4n) is 2.17. The lowest BCUT2D eigenvalue weighted by atomic mass is 9.89. The van der Waals surface area contributed by atoms with Crippen molar-refractivity contribution in [2.24, 2.45) is 0 Å². The van der Waals surface area contributed by atoms with E-state index in [2.05, 4.69) is 4.74 Å². The highest BCUT2D eigenvalue weighted by atomic mass is 19.3. The number of hydrogen-bond donors (Lipinski definition) is 0. The third-order valence-corrected chi connectivity index (χ3v) is 2.93. The fraction of sp³-hybridized carbons (Fsp3) is 0.500. The monoisotopic (exact) mass is 274 g/mol. The highest BCUT2D eigenvalue weighted by Crippen LogP contribution is 2.33. The van der Waals surface area contributed by atoms with Crippen molar-refractivity contribution < 1.29 is 22.7 Å². The first kappa shape index (κ1) is 15.5. The van der Waals surface area contributed by atoms with E-state index in [0.717, 1.165) is 0 Å². The Balaban J connectivity index is 3.47. The second kappa shape index (κ2) is 6.59. The van der Waals surface area contributed by atoms with Crippen molar-refractivity contribution >= 4 is 6.29 Å². The van der Waals surface area contributed by atoms with Gasteiger partial charge in [0.05, 0.1) is 0 Å². The van der Waals surface area contributed by atoms with Crippen LogP contribution in [0.25, 0.3) is 0 Å². The van der Waals surface area contributed by atoms with E-state index in [4.69, 9.17) is 0 Å². The highest BCUT2D eigenvalue weighted by molar-refractivity contribution is 5.60. The number of aldehydes is 1. The van der Waals surface area contributed by atoms with Crippen LogP contribution in [-0.4, -0.2) is 12.9 Å². The summed E-state index contributed by atoms with van der Waals surface area (Å²) in [5.41, 5.74) is 1.52. The molecule has 1 aromatic carbocycles. The van der Waals surface area contributed by atoms with E-state index in [9.17, 15) is 18.0 Å². The molecule has 0 radical (unpaired) electrons. The third-order valence-electron chi connectivity index (χ3n) is 2.93. The molecule has 0 atom stereocenters. The molecule has 0 heterocycles. The van der Waals surface area contributed by atoms with Gasteiger partial charge in [-0.25, -0.2) is 4.39 Å². The maximum atomic E-state index is 14.2. The summed E-state index contributed by atoms with van der Waals surface area (Å²) in [6.45, 7) is 2.24. The molecule has 1 aromatic rings. The van der Waals surface area contributed by atoms with Crippen molar-refractivity contribution in [3.8, 4) is 5.75 Å². The van der Waals surface area contributed by atoms with Gasteiger partial charge in [0.25, 0.3) is 0 Å². The summed E-state index contributed by atoms with van der Waals surface area (Å²) in [5, 5.41) is 0. The molecule has 0 aliphatic heterocycles. The van der Waals surface area contributed by atoms with Crippen molar-refractivity contribution in [1.82, 2.24) is 0 Å². The van der Waals surface area contributed by atoms with Crippen LogP contribution in [0, 0.1) is 5.82 Å². The molecule has 0 aliphatic rings. The van der Waals surface area contributed by atoms with E-state index in [0.29, 0.717) is 23.8 Å². The summed E-state index contributed by atoms with van der Waals surface area (Å²) in [4.78, 5) is 10.7. The first-order valence-electron chi connectivity index (χ1n) is 6.14. The number of hydrogen-bond acceptors (Lipinski definition) is 2. The van der Waals surface area contributed by atoms with E-state index in [-0.39, 0.29) is 17.9 Å². The van der Waals surface area contributed by atoms with Crippen LogP contribution in [0.1, 0.15) is 43.4 Å². The Morgan fingerprint density at radius 3 is 2.42 bits per heavy atom. The first-order chi connectivity index (χ1) is 8.92. The normalized spacial score (nSPS) is 11.2. The van der Waals surface area contributed by atoms with Gasteiger partial charge in [-0.3, -0.25) is 0 Å². The Kier molecular flexibility index (Phi) is 5.39. The van der Waals surface area contributed by atoms with Gasteiger partial charge >= 0.3 is 6.61 Å². The number of carbonyl (C=O) groups excluding carboxylic acids is 1. The third kappa shape index (κ3) is 3.49. The maximum absolute atomic E-state index is 14.2. The van der Waals surface area contributed by atoms with E-state index in [1.165, 1.54) is 6.07 Å². The zero-order chi connectivity index (χ0) is 14.6. The standard InChI is InChI=1S/C14H17F3O2/c1-4-9-7-11(19-14(16)17)13(15)12(8(2)3)10(9)5-6-18/h6-8,14H,4-5H2,1-3H3. The fourth-order valence-corrected chi connectivity index (χ4v) is 2.17. The molecule has 0 N–H and O–H groups in total. The number of halogens is 3. The van der Waals surface area contributed by atoms with Gasteiger partial charge in [-0.05, 0) is 35.1 Å². The number of carbonyl (C=O) groups is 1. The summed E-state index contributed by atoms with van der Waals surface area (Å²) in [7, 11) is 0. The number of aryl methyl sites for hydroxylation is 1. The van der Waals surface area contributed by atoms with Crippen LogP contribution in [0.4, 0.5) is 13.2 Å².